The Labute approximate surface area is 89.5 Å². The Kier molecular flexibility index (Phi) is 2.24. The van der Waals surface area contributed by atoms with E-state index in [9.17, 15) is 13.2 Å². The lowest BCUT2D eigenvalue weighted by Crippen LogP contribution is -2.29. The number of thiophene rings is 1. The van der Waals surface area contributed by atoms with Crippen molar-refractivity contribution in [1.29, 1.82) is 0 Å². The maximum absolute atomic E-state index is 11.8. The maximum atomic E-state index is 11.8. The van der Waals surface area contributed by atoms with Gasteiger partial charge in [0.15, 0.2) is 0 Å². The predicted octanol–water partition coefficient (Wildman–Crippen LogP) is 0.434. The lowest BCUT2D eigenvalue weighted by atomic mass is 10.6. The molecule has 1 aliphatic heterocycles. The van der Waals surface area contributed by atoms with E-state index in [2.05, 4.69) is 15.3 Å². The predicted molar refractivity (Wildman–Crippen MR) is 54.6 cm³/mol. The number of hydrazone groups is 1. The summed E-state index contributed by atoms with van der Waals surface area (Å²) in [6.07, 6.45) is 0. The molecule has 0 spiro atoms. The van der Waals surface area contributed by atoms with Gasteiger partial charge in [0, 0.05) is 0 Å². The van der Waals surface area contributed by atoms with E-state index in [1.807, 2.05) is 0 Å². The van der Waals surface area contributed by atoms with E-state index in [1.165, 1.54) is 17.4 Å². The van der Waals surface area contributed by atoms with Crippen molar-refractivity contribution in [1.82, 2.24) is 0 Å². The van der Waals surface area contributed by atoms with Crippen molar-refractivity contribution in [3.8, 4) is 0 Å². The zero-order valence-corrected chi connectivity index (χ0v) is 9.18. The summed E-state index contributed by atoms with van der Waals surface area (Å²) < 4.78 is 27.9. The average molecular weight is 246 g/mol. The number of esters is 1. The first kappa shape index (κ1) is 10.1. The first-order valence-electron chi connectivity index (χ1n) is 3.82. The van der Waals surface area contributed by atoms with Gasteiger partial charge in [0.1, 0.15) is 9.90 Å². The molecule has 0 fully saturated rings. The van der Waals surface area contributed by atoms with E-state index in [0.717, 1.165) is 7.11 Å². The molecule has 1 N–H and O–H groups in total. The highest BCUT2D eigenvalue weighted by atomic mass is 32.2. The Bertz CT molecular complexity index is 543. The van der Waals surface area contributed by atoms with Crippen LogP contribution in [-0.2, 0) is 19.4 Å². The standard InChI is InChI=1S/C7H6N2O4S2/c1-13-7(10)6-9-8-5-4(2-3-14-5)15(6,11)12/h2-3,8H,1H3. The molecule has 0 unspecified atom stereocenters. The van der Waals surface area contributed by atoms with Gasteiger partial charge in [0.25, 0.3) is 5.04 Å². The fourth-order valence-corrected chi connectivity index (χ4v) is 3.50. The number of carbonyl (C=O) groups excluding carboxylic acids is 1. The van der Waals surface area contributed by atoms with E-state index >= 15 is 0 Å². The molecule has 1 aromatic heterocycles. The van der Waals surface area contributed by atoms with Crippen LogP contribution in [0.25, 0.3) is 0 Å². The summed E-state index contributed by atoms with van der Waals surface area (Å²) in [6.45, 7) is 0. The van der Waals surface area contributed by atoms with Gasteiger partial charge >= 0.3 is 5.97 Å². The molecule has 1 aliphatic rings. The van der Waals surface area contributed by atoms with E-state index < -0.39 is 20.9 Å². The van der Waals surface area contributed by atoms with E-state index in [1.54, 1.807) is 5.38 Å². The van der Waals surface area contributed by atoms with Crippen LogP contribution < -0.4 is 5.43 Å². The van der Waals surface area contributed by atoms with Crippen molar-refractivity contribution in [3.63, 3.8) is 0 Å². The molecule has 0 aromatic carbocycles. The van der Waals surface area contributed by atoms with Crippen molar-refractivity contribution in [3.05, 3.63) is 11.4 Å². The highest BCUT2D eigenvalue weighted by Crippen LogP contribution is 2.32. The van der Waals surface area contributed by atoms with Crippen molar-refractivity contribution in [2.24, 2.45) is 5.10 Å². The number of anilines is 1. The number of nitrogens with one attached hydrogen (secondary N) is 1. The Hall–Kier alpha value is -1.41. The molecule has 0 saturated heterocycles. The molecule has 0 bridgehead atoms. The first-order valence-corrected chi connectivity index (χ1v) is 6.18. The van der Waals surface area contributed by atoms with Crippen LogP contribution in [0, 0.1) is 0 Å². The maximum Gasteiger partial charge on any atom is 0.370 e. The van der Waals surface area contributed by atoms with Crippen LogP contribution in [0.4, 0.5) is 5.00 Å². The molecule has 1 aromatic rings. The van der Waals surface area contributed by atoms with E-state index in [0.29, 0.717) is 5.00 Å². The van der Waals surface area contributed by atoms with Gasteiger partial charge in [-0.25, -0.2) is 13.2 Å². The zero-order valence-electron chi connectivity index (χ0n) is 7.55. The average Bonchev–Trinajstić information content (AvgIpc) is 2.66. The lowest BCUT2D eigenvalue weighted by molar-refractivity contribution is -0.132. The van der Waals surface area contributed by atoms with Crippen LogP contribution in [0.15, 0.2) is 21.4 Å². The number of sulfone groups is 1. The summed E-state index contributed by atoms with van der Waals surface area (Å²) in [5.41, 5.74) is 2.49. The first-order chi connectivity index (χ1) is 7.07. The number of carbonyl (C=O) groups is 1. The van der Waals surface area contributed by atoms with Crippen molar-refractivity contribution in [2.45, 2.75) is 4.90 Å². The molecule has 6 nitrogen and oxygen atoms in total. The third-order valence-corrected chi connectivity index (χ3v) is 4.43. The number of hydrogen-bond acceptors (Lipinski definition) is 7. The third kappa shape index (κ3) is 1.41. The Morgan fingerprint density at radius 2 is 2.33 bits per heavy atom. The van der Waals surface area contributed by atoms with Crippen LogP contribution in [0.2, 0.25) is 0 Å². The molecule has 0 radical (unpaired) electrons. The summed E-state index contributed by atoms with van der Waals surface area (Å²) in [6, 6.07) is 1.42. The molecule has 0 saturated carbocycles. The summed E-state index contributed by atoms with van der Waals surface area (Å²) in [4.78, 5) is 11.2. The SMILES string of the molecule is COC(=O)C1=NNc2sccc2S1(=O)=O. The molecule has 80 valence electrons. The van der Waals surface area contributed by atoms with E-state index in [-0.39, 0.29) is 4.90 Å². The number of fused-ring (bicyclic) bond motifs is 1. The number of ether oxygens (including phenoxy) is 1. The largest absolute Gasteiger partial charge is 0.464 e. The van der Waals surface area contributed by atoms with Crippen molar-refractivity contribution >= 4 is 37.2 Å². The minimum atomic E-state index is -3.83. The van der Waals surface area contributed by atoms with Gasteiger partial charge in [-0.2, -0.15) is 5.10 Å². The highest BCUT2D eigenvalue weighted by Gasteiger charge is 2.35. The van der Waals surface area contributed by atoms with Gasteiger partial charge in [-0.3, -0.25) is 5.43 Å². The highest BCUT2D eigenvalue weighted by molar-refractivity contribution is 8.08. The smallest absolute Gasteiger partial charge is 0.370 e. The summed E-state index contributed by atoms with van der Waals surface area (Å²) >= 11 is 1.20. The second-order valence-corrected chi connectivity index (χ2v) is 5.39. The molecule has 0 aliphatic carbocycles. The summed E-state index contributed by atoms with van der Waals surface area (Å²) in [5, 5.41) is 4.87. The van der Waals surface area contributed by atoms with Gasteiger partial charge in [0.2, 0.25) is 9.84 Å². The molecular formula is C7H6N2O4S2. The fourth-order valence-electron chi connectivity index (χ4n) is 1.10. The summed E-state index contributed by atoms with van der Waals surface area (Å²) in [7, 11) is -2.73. The van der Waals surface area contributed by atoms with Crippen LogP contribution in [0.1, 0.15) is 0 Å². The van der Waals surface area contributed by atoms with Crippen LogP contribution in [0.3, 0.4) is 0 Å². The lowest BCUT2D eigenvalue weighted by Gasteiger charge is -2.11. The van der Waals surface area contributed by atoms with Crippen molar-refractivity contribution in [2.75, 3.05) is 12.5 Å². The number of rotatable bonds is 1. The molecule has 2 heterocycles. The van der Waals surface area contributed by atoms with Crippen LogP contribution in [-0.4, -0.2) is 26.5 Å². The normalized spacial score (nSPS) is 17.3. The zero-order chi connectivity index (χ0) is 11.1. The van der Waals surface area contributed by atoms with Crippen LogP contribution in [0.5, 0.6) is 0 Å². The Balaban J connectivity index is 2.57. The topological polar surface area (TPSA) is 84.8 Å². The molecular weight excluding hydrogens is 240 g/mol. The molecule has 0 atom stereocenters. The Morgan fingerprint density at radius 1 is 1.60 bits per heavy atom. The molecule has 2 rings (SSSR count). The van der Waals surface area contributed by atoms with Gasteiger partial charge in [-0.1, -0.05) is 0 Å². The van der Waals surface area contributed by atoms with Crippen molar-refractivity contribution < 1.29 is 17.9 Å². The number of methoxy groups -OCH3 is 1. The molecule has 15 heavy (non-hydrogen) atoms. The van der Waals surface area contributed by atoms with E-state index in [4.69, 9.17) is 0 Å². The van der Waals surface area contributed by atoms with Gasteiger partial charge in [-0.05, 0) is 11.4 Å². The summed E-state index contributed by atoms with van der Waals surface area (Å²) in [5.74, 6) is -0.973. The van der Waals surface area contributed by atoms with Crippen LogP contribution >= 0.6 is 11.3 Å². The monoisotopic (exact) mass is 246 g/mol. The second-order valence-electron chi connectivity index (χ2n) is 2.64. The van der Waals surface area contributed by atoms with Gasteiger partial charge < -0.3 is 4.74 Å². The number of nitrogens with zero attached hydrogens (tertiary/aromatic N) is 1. The minimum Gasteiger partial charge on any atom is -0.464 e. The second kappa shape index (κ2) is 3.31. The third-order valence-electron chi connectivity index (χ3n) is 1.79. The Morgan fingerprint density at radius 3 is 3.00 bits per heavy atom. The molecule has 8 heteroatoms. The van der Waals surface area contributed by atoms with Gasteiger partial charge in [0.05, 0.1) is 7.11 Å². The quantitative estimate of drug-likeness (QED) is 0.726. The molecule has 0 amide bonds. The minimum absolute atomic E-state index is 0.0582. The number of hydrogen-bond donors (Lipinski definition) is 1. The fraction of sp³-hybridized carbons (Fsp3) is 0.143. The van der Waals surface area contributed by atoms with Gasteiger partial charge in [-0.15, -0.1) is 11.3 Å².